The first-order valence-electron chi connectivity index (χ1n) is 8.62. The van der Waals surface area contributed by atoms with E-state index in [9.17, 15) is 17.6 Å². The Morgan fingerprint density at radius 2 is 1.88 bits per heavy atom. The van der Waals surface area contributed by atoms with Crippen LogP contribution in [0.2, 0.25) is 0 Å². The van der Waals surface area contributed by atoms with Gasteiger partial charge in [0.05, 0.1) is 6.04 Å². The molecule has 1 aliphatic carbocycles. The fourth-order valence-corrected chi connectivity index (χ4v) is 4.51. The summed E-state index contributed by atoms with van der Waals surface area (Å²) in [6.45, 7) is 1.74. The molecule has 0 aliphatic heterocycles. The number of sulfonamides is 1. The maximum absolute atomic E-state index is 13.7. The number of halogens is 2. The highest BCUT2D eigenvalue weighted by molar-refractivity contribution is 7.89. The van der Waals surface area contributed by atoms with Gasteiger partial charge in [-0.15, -0.1) is 12.4 Å². The minimum atomic E-state index is -4.12. The Hall–Kier alpha value is -1.22. The van der Waals surface area contributed by atoms with Crippen LogP contribution in [0.25, 0.3) is 0 Å². The average Bonchev–Trinajstić information content (AvgIpc) is 2.60. The van der Waals surface area contributed by atoms with E-state index < -0.39 is 32.7 Å². The van der Waals surface area contributed by atoms with Crippen LogP contribution in [0.3, 0.4) is 0 Å². The van der Waals surface area contributed by atoms with Crippen molar-refractivity contribution in [2.75, 3.05) is 6.54 Å². The Balaban J connectivity index is 0.00000338. The van der Waals surface area contributed by atoms with E-state index in [0.717, 1.165) is 37.8 Å². The maximum Gasteiger partial charge on any atom is 0.244 e. The molecule has 26 heavy (non-hydrogen) atoms. The molecule has 0 spiro atoms. The second kappa shape index (κ2) is 10.2. The SMILES string of the molecule is CC(NS(=O)(=O)c1ccccc1F)C(=O)NC(CN)C1CCCCC1.Cl. The quantitative estimate of drug-likeness (QED) is 0.642. The monoisotopic (exact) mass is 407 g/mol. The number of amides is 1. The summed E-state index contributed by atoms with van der Waals surface area (Å²) < 4.78 is 40.5. The molecule has 9 heteroatoms. The molecule has 2 atom stereocenters. The van der Waals surface area contributed by atoms with Crippen molar-refractivity contribution in [2.24, 2.45) is 11.7 Å². The van der Waals surface area contributed by atoms with E-state index in [4.69, 9.17) is 5.73 Å². The van der Waals surface area contributed by atoms with Gasteiger partial charge in [0.15, 0.2) is 0 Å². The van der Waals surface area contributed by atoms with Crippen LogP contribution >= 0.6 is 12.4 Å². The van der Waals surface area contributed by atoms with E-state index in [1.165, 1.54) is 25.5 Å². The normalized spacial score (nSPS) is 17.8. The molecule has 1 aliphatic rings. The van der Waals surface area contributed by atoms with Crippen molar-refractivity contribution < 1.29 is 17.6 Å². The summed E-state index contributed by atoms with van der Waals surface area (Å²) in [5.41, 5.74) is 5.79. The molecular weight excluding hydrogens is 381 g/mol. The second-order valence-electron chi connectivity index (χ2n) is 6.52. The third-order valence-electron chi connectivity index (χ3n) is 4.65. The number of nitrogens with one attached hydrogen (secondary N) is 2. The molecule has 0 heterocycles. The third kappa shape index (κ3) is 5.90. The van der Waals surface area contributed by atoms with Gasteiger partial charge in [0, 0.05) is 12.6 Å². The van der Waals surface area contributed by atoms with Gasteiger partial charge in [0.2, 0.25) is 15.9 Å². The van der Waals surface area contributed by atoms with Crippen LogP contribution in [0, 0.1) is 11.7 Å². The number of carbonyl (C=O) groups excluding carboxylic acids is 1. The molecule has 1 saturated carbocycles. The Bertz CT molecular complexity index is 696. The predicted molar refractivity (Wildman–Crippen MR) is 101 cm³/mol. The van der Waals surface area contributed by atoms with Crippen molar-refractivity contribution in [3.05, 3.63) is 30.1 Å². The zero-order chi connectivity index (χ0) is 18.4. The number of hydrogen-bond acceptors (Lipinski definition) is 4. The van der Waals surface area contributed by atoms with Gasteiger partial charge in [0.25, 0.3) is 0 Å². The molecular formula is C17H27ClFN3O3S. The molecule has 0 aromatic heterocycles. The molecule has 1 amide bonds. The summed E-state index contributed by atoms with van der Waals surface area (Å²) in [7, 11) is -4.12. The van der Waals surface area contributed by atoms with E-state index in [1.54, 1.807) is 0 Å². The lowest BCUT2D eigenvalue weighted by molar-refractivity contribution is -0.123. The first-order valence-corrected chi connectivity index (χ1v) is 10.1. The van der Waals surface area contributed by atoms with Crippen LogP contribution in [0.15, 0.2) is 29.2 Å². The molecule has 1 aromatic rings. The Morgan fingerprint density at radius 1 is 1.27 bits per heavy atom. The molecule has 1 fully saturated rings. The van der Waals surface area contributed by atoms with Crippen molar-refractivity contribution in [1.82, 2.24) is 10.0 Å². The zero-order valence-corrected chi connectivity index (χ0v) is 16.4. The molecule has 0 bridgehead atoms. The smallest absolute Gasteiger partial charge is 0.244 e. The molecule has 6 nitrogen and oxygen atoms in total. The molecule has 4 N–H and O–H groups in total. The van der Waals surface area contributed by atoms with Crippen LogP contribution in [0.4, 0.5) is 4.39 Å². The molecule has 2 unspecified atom stereocenters. The zero-order valence-electron chi connectivity index (χ0n) is 14.8. The topological polar surface area (TPSA) is 101 Å². The lowest BCUT2D eigenvalue weighted by atomic mass is 9.84. The van der Waals surface area contributed by atoms with E-state index in [2.05, 4.69) is 10.0 Å². The van der Waals surface area contributed by atoms with Crippen molar-refractivity contribution in [1.29, 1.82) is 0 Å². The Labute approximate surface area is 160 Å². The van der Waals surface area contributed by atoms with E-state index in [1.807, 2.05) is 0 Å². The number of rotatable bonds is 7. The molecule has 2 rings (SSSR count). The van der Waals surface area contributed by atoms with Crippen LogP contribution in [-0.2, 0) is 14.8 Å². The second-order valence-corrected chi connectivity index (χ2v) is 8.20. The summed E-state index contributed by atoms with van der Waals surface area (Å²) in [5.74, 6) is -0.997. The Morgan fingerprint density at radius 3 is 2.46 bits per heavy atom. The molecule has 0 saturated heterocycles. The Kier molecular flexibility index (Phi) is 8.95. The number of carbonyl (C=O) groups is 1. The van der Waals surface area contributed by atoms with Crippen LogP contribution in [0.5, 0.6) is 0 Å². The van der Waals surface area contributed by atoms with Crippen molar-refractivity contribution >= 4 is 28.3 Å². The first-order chi connectivity index (χ1) is 11.8. The van der Waals surface area contributed by atoms with Gasteiger partial charge < -0.3 is 11.1 Å². The molecule has 148 valence electrons. The fraction of sp³-hybridized carbons (Fsp3) is 0.588. The van der Waals surface area contributed by atoms with E-state index in [-0.39, 0.29) is 18.4 Å². The van der Waals surface area contributed by atoms with E-state index in [0.29, 0.717) is 12.5 Å². The third-order valence-corrected chi connectivity index (χ3v) is 6.23. The first kappa shape index (κ1) is 22.8. The highest BCUT2D eigenvalue weighted by Gasteiger charge is 2.28. The average molecular weight is 408 g/mol. The summed E-state index contributed by atoms with van der Waals surface area (Å²) in [5, 5.41) is 2.84. The van der Waals surface area contributed by atoms with Gasteiger partial charge in [-0.2, -0.15) is 4.72 Å². The molecule has 1 aromatic carbocycles. The van der Waals surface area contributed by atoms with Gasteiger partial charge in [0.1, 0.15) is 10.7 Å². The van der Waals surface area contributed by atoms with Crippen LogP contribution in [-0.4, -0.2) is 33.0 Å². The fourth-order valence-electron chi connectivity index (χ4n) is 3.23. The van der Waals surface area contributed by atoms with Gasteiger partial charge in [-0.25, -0.2) is 12.8 Å². The summed E-state index contributed by atoms with van der Waals surface area (Å²) in [4.78, 5) is 11.9. The highest BCUT2D eigenvalue weighted by Crippen LogP contribution is 2.26. The van der Waals surface area contributed by atoms with Gasteiger partial charge in [-0.05, 0) is 37.8 Å². The minimum Gasteiger partial charge on any atom is -0.350 e. The van der Waals surface area contributed by atoms with Gasteiger partial charge in [-0.3, -0.25) is 4.79 Å². The van der Waals surface area contributed by atoms with Crippen LogP contribution in [0.1, 0.15) is 39.0 Å². The molecule has 0 radical (unpaired) electrons. The van der Waals surface area contributed by atoms with Crippen molar-refractivity contribution in [3.8, 4) is 0 Å². The van der Waals surface area contributed by atoms with Gasteiger partial charge >= 0.3 is 0 Å². The lowest BCUT2D eigenvalue weighted by Crippen LogP contribution is -2.52. The number of nitrogens with two attached hydrogens (primary N) is 1. The number of hydrogen-bond donors (Lipinski definition) is 3. The predicted octanol–water partition coefficient (Wildman–Crippen LogP) is 1.94. The van der Waals surface area contributed by atoms with Crippen molar-refractivity contribution in [2.45, 2.75) is 56.0 Å². The van der Waals surface area contributed by atoms with Crippen LogP contribution < -0.4 is 15.8 Å². The largest absolute Gasteiger partial charge is 0.350 e. The van der Waals surface area contributed by atoms with Crippen molar-refractivity contribution in [3.63, 3.8) is 0 Å². The van der Waals surface area contributed by atoms with E-state index >= 15 is 0 Å². The standard InChI is InChI=1S/C17H26FN3O3S.ClH/c1-12(21-25(23,24)16-10-6-5-9-14(16)18)17(22)20-15(11-19)13-7-3-2-4-8-13;/h5-6,9-10,12-13,15,21H,2-4,7-8,11,19H2,1H3,(H,20,22);1H. The minimum absolute atomic E-state index is 0. The highest BCUT2D eigenvalue weighted by atomic mass is 35.5. The summed E-state index contributed by atoms with van der Waals surface area (Å²) >= 11 is 0. The number of benzene rings is 1. The van der Waals surface area contributed by atoms with Gasteiger partial charge in [-0.1, -0.05) is 31.4 Å². The summed E-state index contributed by atoms with van der Waals surface area (Å²) in [6, 6.07) is 3.85. The summed E-state index contributed by atoms with van der Waals surface area (Å²) in [6.07, 6.45) is 5.45. The lowest BCUT2D eigenvalue weighted by Gasteiger charge is -2.31. The maximum atomic E-state index is 13.7.